The zero-order valence-corrected chi connectivity index (χ0v) is 23.1. The van der Waals surface area contributed by atoms with E-state index in [0.29, 0.717) is 28.1 Å². The Hall–Kier alpha value is -4.29. The molecule has 1 aromatic heterocycles. The summed E-state index contributed by atoms with van der Waals surface area (Å²) >= 11 is 6.37. The van der Waals surface area contributed by atoms with Crippen molar-refractivity contribution in [3.63, 3.8) is 0 Å². The van der Waals surface area contributed by atoms with Gasteiger partial charge in [0.05, 0.1) is 11.6 Å². The van der Waals surface area contributed by atoms with Gasteiger partial charge in [0.2, 0.25) is 0 Å². The molecular weight excluding hydrogens is 538 g/mol. The predicted molar refractivity (Wildman–Crippen MR) is 157 cm³/mol. The number of carbonyl (C=O) groups excluding carboxylic acids is 2. The first-order valence-corrected chi connectivity index (χ1v) is 14.1. The van der Waals surface area contributed by atoms with E-state index in [0.717, 1.165) is 36.0 Å². The van der Waals surface area contributed by atoms with Gasteiger partial charge in [0.25, 0.3) is 5.56 Å². The van der Waals surface area contributed by atoms with Crippen molar-refractivity contribution in [3.8, 4) is 11.1 Å². The van der Waals surface area contributed by atoms with Gasteiger partial charge in [0, 0.05) is 42.1 Å². The zero-order valence-electron chi connectivity index (χ0n) is 22.3. The summed E-state index contributed by atoms with van der Waals surface area (Å²) in [7, 11) is 0. The molecule has 6 rings (SSSR count). The maximum Gasteiger partial charge on any atom is 0.335 e. The lowest BCUT2D eigenvalue weighted by Crippen LogP contribution is -2.33. The fourth-order valence-corrected chi connectivity index (χ4v) is 6.08. The smallest absolute Gasteiger partial charge is 0.335 e. The van der Waals surface area contributed by atoms with Gasteiger partial charge >= 0.3 is 5.97 Å². The van der Waals surface area contributed by atoms with Crippen LogP contribution < -0.4 is 5.56 Å². The van der Waals surface area contributed by atoms with E-state index in [1.54, 1.807) is 18.3 Å². The fourth-order valence-electron chi connectivity index (χ4n) is 5.91. The Balaban J connectivity index is 1.44. The number of carboxylic acid groups (broad SMARTS) is 1. The topological polar surface area (TPSA) is 93.4 Å². The van der Waals surface area contributed by atoms with Crippen LogP contribution in [0.5, 0.6) is 0 Å². The summed E-state index contributed by atoms with van der Waals surface area (Å²) in [6.45, 7) is 0. The van der Waals surface area contributed by atoms with E-state index in [2.05, 4.69) is 0 Å². The van der Waals surface area contributed by atoms with E-state index >= 15 is 0 Å². The Labute approximate surface area is 242 Å². The third-order valence-electron chi connectivity index (χ3n) is 8.36. The Morgan fingerprint density at radius 1 is 0.854 bits per heavy atom. The summed E-state index contributed by atoms with van der Waals surface area (Å²) in [5, 5.41) is 9.75. The molecule has 0 amide bonds. The summed E-state index contributed by atoms with van der Waals surface area (Å²) in [5.74, 6) is -1.29. The highest BCUT2D eigenvalue weighted by molar-refractivity contribution is 6.31. The number of ketones is 2. The number of nitrogens with zero attached hydrogens (tertiary/aromatic N) is 1. The van der Waals surface area contributed by atoms with Crippen LogP contribution in [0.1, 0.15) is 62.7 Å². The molecule has 1 unspecified atom stereocenters. The third kappa shape index (κ3) is 5.52. The molecular formula is C34H28ClNO5. The minimum atomic E-state index is -1.04. The van der Waals surface area contributed by atoms with Gasteiger partial charge in [0.15, 0.2) is 11.6 Å². The molecule has 1 saturated carbocycles. The monoisotopic (exact) mass is 565 g/mol. The first-order valence-electron chi connectivity index (χ1n) is 13.7. The molecule has 1 heterocycles. The summed E-state index contributed by atoms with van der Waals surface area (Å²) in [5.41, 5.74) is 4.06. The summed E-state index contributed by atoms with van der Waals surface area (Å²) < 4.78 is 1.41. The second kappa shape index (κ2) is 10.6. The molecule has 4 aromatic rings. The van der Waals surface area contributed by atoms with E-state index in [4.69, 9.17) is 11.6 Å². The maximum atomic E-state index is 13.8. The van der Waals surface area contributed by atoms with Crippen molar-refractivity contribution < 1.29 is 19.5 Å². The number of fused-ring (bicyclic) bond motifs is 3. The number of benzene rings is 3. The molecule has 2 aliphatic rings. The van der Waals surface area contributed by atoms with Gasteiger partial charge in [-0.3, -0.25) is 14.4 Å². The Morgan fingerprint density at radius 2 is 1.59 bits per heavy atom. The first kappa shape index (κ1) is 26.9. The van der Waals surface area contributed by atoms with Crippen molar-refractivity contribution in [3.05, 3.63) is 128 Å². The highest BCUT2D eigenvalue weighted by atomic mass is 35.5. The lowest BCUT2D eigenvalue weighted by atomic mass is 9.81. The van der Waals surface area contributed by atoms with Crippen molar-refractivity contribution in [1.82, 2.24) is 4.57 Å². The van der Waals surface area contributed by atoms with E-state index < -0.39 is 12.0 Å². The molecule has 7 heteroatoms. The highest BCUT2D eigenvalue weighted by Crippen LogP contribution is 2.54. The van der Waals surface area contributed by atoms with Gasteiger partial charge in [-0.15, -0.1) is 0 Å². The number of halogens is 1. The minimum absolute atomic E-state index is 0.0103. The summed E-state index contributed by atoms with van der Waals surface area (Å²) in [4.78, 5) is 52.6. The standard InChI is InChI=1S/C34H28ClNO5/c35-25-11-10-24-18-34(12-13-34)19-31(38)28-20-36(32(39)17-27(28)26(24)16-25)29(14-21-4-2-1-3-5-21)30(37)15-22-6-8-23(9-7-22)33(40)41/h1-11,16-17,20,29H,12-15,18-19H2,(H,40,41). The number of aromatic nitrogens is 1. The number of carboxylic acids is 1. The van der Waals surface area contributed by atoms with E-state index in [9.17, 15) is 24.3 Å². The number of hydrogen-bond acceptors (Lipinski definition) is 4. The van der Waals surface area contributed by atoms with Gasteiger partial charge in [-0.2, -0.15) is 0 Å². The second-order valence-corrected chi connectivity index (χ2v) is 11.7. The average Bonchev–Trinajstić information content (AvgIpc) is 3.71. The fraction of sp³-hybridized carbons (Fsp3) is 0.235. The number of rotatable bonds is 7. The van der Waals surface area contributed by atoms with Crippen molar-refractivity contribution in [2.24, 2.45) is 5.41 Å². The van der Waals surface area contributed by atoms with Crippen molar-refractivity contribution in [2.45, 2.75) is 44.6 Å². The van der Waals surface area contributed by atoms with Crippen LogP contribution in [0.25, 0.3) is 11.1 Å². The molecule has 0 saturated heterocycles. The van der Waals surface area contributed by atoms with Crippen molar-refractivity contribution in [1.29, 1.82) is 0 Å². The number of pyridine rings is 1. The van der Waals surface area contributed by atoms with Crippen LogP contribution in [-0.4, -0.2) is 27.2 Å². The van der Waals surface area contributed by atoms with Crippen LogP contribution in [0, 0.1) is 5.41 Å². The van der Waals surface area contributed by atoms with Crippen LogP contribution in [0.15, 0.2) is 89.9 Å². The zero-order chi connectivity index (χ0) is 28.7. The molecule has 1 atom stereocenters. The van der Waals surface area contributed by atoms with Crippen LogP contribution in [-0.2, 0) is 24.1 Å². The average molecular weight is 566 g/mol. The number of Topliss-reactive ketones (excluding diaryl/α,β-unsaturated/α-hetero) is 2. The normalized spacial score (nSPS) is 15.8. The number of aromatic carboxylic acids is 1. The van der Waals surface area contributed by atoms with Crippen LogP contribution in [0.4, 0.5) is 0 Å². The Kier molecular flexibility index (Phi) is 6.96. The minimum Gasteiger partial charge on any atom is -0.478 e. The Morgan fingerprint density at radius 3 is 2.27 bits per heavy atom. The van der Waals surface area contributed by atoms with Gasteiger partial charge in [-0.25, -0.2) is 4.79 Å². The summed E-state index contributed by atoms with van der Waals surface area (Å²) in [6.07, 6.45) is 4.97. The Bertz CT molecular complexity index is 1740. The van der Waals surface area contributed by atoms with E-state index in [-0.39, 0.29) is 40.9 Å². The quantitative estimate of drug-likeness (QED) is 0.281. The largest absolute Gasteiger partial charge is 0.478 e. The van der Waals surface area contributed by atoms with Gasteiger partial charge in [-0.1, -0.05) is 60.1 Å². The lowest BCUT2D eigenvalue weighted by Gasteiger charge is -2.25. The number of carbonyl (C=O) groups is 3. The van der Waals surface area contributed by atoms with Gasteiger partial charge in [0.1, 0.15) is 0 Å². The van der Waals surface area contributed by atoms with Crippen molar-refractivity contribution >= 4 is 29.1 Å². The van der Waals surface area contributed by atoms with Crippen LogP contribution >= 0.6 is 11.6 Å². The maximum absolute atomic E-state index is 13.8. The van der Waals surface area contributed by atoms with Gasteiger partial charge in [-0.05, 0) is 76.8 Å². The molecule has 0 bridgehead atoms. The molecule has 1 fully saturated rings. The lowest BCUT2D eigenvalue weighted by molar-refractivity contribution is -0.121. The van der Waals surface area contributed by atoms with Crippen LogP contribution in [0.2, 0.25) is 5.02 Å². The van der Waals surface area contributed by atoms with E-state index in [1.165, 1.54) is 22.8 Å². The first-order chi connectivity index (χ1) is 19.7. The third-order valence-corrected chi connectivity index (χ3v) is 8.59. The molecule has 0 aliphatic heterocycles. The molecule has 3 aromatic carbocycles. The van der Waals surface area contributed by atoms with Gasteiger partial charge < -0.3 is 9.67 Å². The van der Waals surface area contributed by atoms with Crippen LogP contribution in [0.3, 0.4) is 0 Å². The SMILES string of the molecule is O=C(O)c1ccc(CC(=O)C(Cc2ccccc2)n2cc3c(cc2=O)-c2cc(Cl)ccc2CC2(CC2)CC3=O)cc1. The van der Waals surface area contributed by atoms with Crippen molar-refractivity contribution in [2.75, 3.05) is 0 Å². The molecule has 1 N–H and O–H groups in total. The molecule has 41 heavy (non-hydrogen) atoms. The predicted octanol–water partition coefficient (Wildman–Crippen LogP) is 6.37. The molecule has 0 radical (unpaired) electrons. The molecule has 206 valence electrons. The van der Waals surface area contributed by atoms with E-state index in [1.807, 2.05) is 48.5 Å². The number of hydrogen-bond donors (Lipinski definition) is 1. The summed E-state index contributed by atoms with van der Waals surface area (Å²) in [6, 6.07) is 21.9. The second-order valence-electron chi connectivity index (χ2n) is 11.3. The highest BCUT2D eigenvalue weighted by Gasteiger charge is 2.46. The molecule has 1 spiro atoms. The molecule has 2 aliphatic carbocycles. The molecule has 6 nitrogen and oxygen atoms in total.